The van der Waals surface area contributed by atoms with Crippen molar-refractivity contribution in [3.05, 3.63) is 29.3 Å². The van der Waals surface area contributed by atoms with Crippen molar-refractivity contribution in [3.63, 3.8) is 0 Å². The highest BCUT2D eigenvalue weighted by Crippen LogP contribution is 2.20. The largest absolute Gasteiger partial charge is 0.483 e. The highest BCUT2D eigenvalue weighted by atomic mass is 35.5. The maximum atomic E-state index is 11.8. The third-order valence-corrected chi connectivity index (χ3v) is 4.26. The normalized spacial score (nSPS) is 11.0. The molecule has 0 heterocycles. The molecule has 0 fully saturated rings. The van der Waals surface area contributed by atoms with Crippen molar-refractivity contribution in [2.75, 3.05) is 25.6 Å². The summed E-state index contributed by atoms with van der Waals surface area (Å²) in [6.45, 7) is 8.14. The van der Waals surface area contributed by atoms with E-state index in [2.05, 4.69) is 10.6 Å². The summed E-state index contributed by atoms with van der Waals surface area (Å²) in [7, 11) is 0. The highest BCUT2D eigenvalue weighted by molar-refractivity contribution is 6.19. The lowest BCUT2D eigenvalue weighted by atomic mass is 9.95. The minimum Gasteiger partial charge on any atom is -0.483 e. The van der Waals surface area contributed by atoms with Crippen LogP contribution in [-0.4, -0.2) is 37.4 Å². The lowest BCUT2D eigenvalue weighted by Crippen LogP contribution is -2.42. The number of carbonyl (C=O) groups is 2. The highest BCUT2D eigenvalue weighted by Gasteiger charge is 2.25. The van der Waals surface area contributed by atoms with Crippen molar-refractivity contribution in [1.29, 1.82) is 0 Å². The molecular weight excluding hydrogens is 316 g/mol. The van der Waals surface area contributed by atoms with Gasteiger partial charge in [-0.2, -0.15) is 0 Å². The van der Waals surface area contributed by atoms with Crippen LogP contribution >= 0.6 is 11.6 Å². The van der Waals surface area contributed by atoms with Crippen molar-refractivity contribution in [2.24, 2.45) is 5.41 Å². The maximum absolute atomic E-state index is 11.8. The van der Waals surface area contributed by atoms with E-state index < -0.39 is 5.41 Å². The second-order valence-corrected chi connectivity index (χ2v) is 6.38. The summed E-state index contributed by atoms with van der Waals surface area (Å²) in [6.07, 6.45) is 0. The first-order valence-electron chi connectivity index (χ1n) is 7.58. The van der Waals surface area contributed by atoms with Gasteiger partial charge >= 0.3 is 0 Å². The van der Waals surface area contributed by atoms with Crippen LogP contribution in [0.3, 0.4) is 0 Å². The van der Waals surface area contributed by atoms with Gasteiger partial charge in [0.2, 0.25) is 5.91 Å². The van der Waals surface area contributed by atoms with Gasteiger partial charge in [-0.3, -0.25) is 9.59 Å². The van der Waals surface area contributed by atoms with Crippen molar-refractivity contribution < 1.29 is 14.3 Å². The predicted molar refractivity (Wildman–Crippen MR) is 91.9 cm³/mol. The molecule has 0 aliphatic rings. The van der Waals surface area contributed by atoms with Crippen molar-refractivity contribution in [2.45, 2.75) is 27.7 Å². The molecule has 0 aromatic heterocycles. The molecule has 0 spiro atoms. The predicted octanol–water partition coefficient (Wildman–Crippen LogP) is 2.18. The number of carbonyl (C=O) groups excluding carboxylic acids is 2. The van der Waals surface area contributed by atoms with E-state index in [9.17, 15) is 9.59 Å². The molecule has 1 aromatic rings. The van der Waals surface area contributed by atoms with Crippen LogP contribution in [0.25, 0.3) is 0 Å². The number of ether oxygens (including phenoxy) is 1. The fourth-order valence-corrected chi connectivity index (χ4v) is 1.87. The molecule has 0 atom stereocenters. The number of hydrogen-bond donors (Lipinski definition) is 2. The van der Waals surface area contributed by atoms with Crippen LogP contribution in [-0.2, 0) is 9.59 Å². The van der Waals surface area contributed by atoms with Gasteiger partial charge in [0.15, 0.2) is 6.61 Å². The number of hydrogen-bond acceptors (Lipinski definition) is 3. The Balaban J connectivity index is 2.28. The fraction of sp³-hybridized carbons (Fsp3) is 0.529. The van der Waals surface area contributed by atoms with E-state index in [4.69, 9.17) is 16.3 Å². The van der Waals surface area contributed by atoms with Gasteiger partial charge in [-0.25, -0.2) is 0 Å². The number of halogens is 1. The second kappa shape index (κ2) is 8.77. The first-order chi connectivity index (χ1) is 10.8. The maximum Gasteiger partial charge on any atom is 0.258 e. The van der Waals surface area contributed by atoms with E-state index in [0.29, 0.717) is 18.8 Å². The van der Waals surface area contributed by atoms with Crippen LogP contribution in [0.1, 0.15) is 25.0 Å². The Kier molecular flexibility index (Phi) is 7.36. The smallest absolute Gasteiger partial charge is 0.258 e. The van der Waals surface area contributed by atoms with Crippen molar-refractivity contribution in [1.82, 2.24) is 10.6 Å². The second-order valence-electron chi connectivity index (χ2n) is 6.11. The molecule has 23 heavy (non-hydrogen) atoms. The molecule has 1 rings (SSSR count). The molecule has 128 valence electrons. The summed E-state index contributed by atoms with van der Waals surface area (Å²) in [5, 5.41) is 5.44. The Morgan fingerprint density at radius 3 is 2.48 bits per heavy atom. The topological polar surface area (TPSA) is 67.4 Å². The number of benzene rings is 1. The molecule has 0 aliphatic heterocycles. The van der Waals surface area contributed by atoms with Crippen molar-refractivity contribution >= 4 is 23.4 Å². The zero-order valence-electron chi connectivity index (χ0n) is 14.2. The Morgan fingerprint density at radius 1 is 1.17 bits per heavy atom. The number of alkyl halides is 1. The molecule has 0 saturated carbocycles. The van der Waals surface area contributed by atoms with Gasteiger partial charge in [-0.05, 0) is 44.9 Å². The van der Waals surface area contributed by atoms with Crippen LogP contribution in [0.5, 0.6) is 5.75 Å². The monoisotopic (exact) mass is 340 g/mol. The van der Waals surface area contributed by atoms with E-state index in [1.165, 1.54) is 0 Å². The Bertz CT molecular complexity index is 559. The molecule has 0 aliphatic carbocycles. The van der Waals surface area contributed by atoms with Gasteiger partial charge in [0.1, 0.15) is 5.75 Å². The van der Waals surface area contributed by atoms with Crippen molar-refractivity contribution in [3.8, 4) is 5.75 Å². The van der Waals surface area contributed by atoms with Gasteiger partial charge in [-0.1, -0.05) is 12.1 Å². The molecule has 2 N–H and O–H groups in total. The number of nitrogens with one attached hydrogen (secondary N) is 2. The van der Waals surface area contributed by atoms with Crippen LogP contribution in [0.15, 0.2) is 18.2 Å². The summed E-state index contributed by atoms with van der Waals surface area (Å²) in [6, 6.07) is 5.72. The standard InChI is InChI=1S/C17H25ClN2O3/c1-12-6-5-7-14(13(12)2)23-10-15(21)19-8-9-20-16(22)17(3,4)11-18/h5-7H,8-11H2,1-4H3,(H,19,21)(H,20,22). The van der Waals surface area contributed by atoms with Crippen LogP contribution in [0.2, 0.25) is 0 Å². The van der Waals surface area contributed by atoms with Gasteiger partial charge in [-0.15, -0.1) is 11.6 Å². The average Bonchev–Trinajstić information content (AvgIpc) is 2.52. The Labute approximate surface area is 142 Å². The molecule has 0 unspecified atom stereocenters. The zero-order chi connectivity index (χ0) is 17.5. The van der Waals surface area contributed by atoms with E-state index in [1.807, 2.05) is 32.0 Å². The molecule has 5 nitrogen and oxygen atoms in total. The quantitative estimate of drug-likeness (QED) is 0.563. The molecular formula is C17H25ClN2O3. The first-order valence-corrected chi connectivity index (χ1v) is 8.11. The summed E-state index contributed by atoms with van der Waals surface area (Å²) < 4.78 is 5.51. The minimum atomic E-state index is -0.614. The van der Waals surface area contributed by atoms with Crippen LogP contribution in [0, 0.1) is 19.3 Å². The van der Waals surface area contributed by atoms with Gasteiger partial charge in [0.05, 0.1) is 5.41 Å². The SMILES string of the molecule is Cc1cccc(OCC(=O)NCCNC(=O)C(C)(C)CCl)c1C. The number of aryl methyl sites for hydroxylation is 1. The zero-order valence-corrected chi connectivity index (χ0v) is 14.9. The Hall–Kier alpha value is -1.75. The summed E-state index contributed by atoms with van der Waals surface area (Å²) in [4.78, 5) is 23.5. The van der Waals surface area contributed by atoms with E-state index in [1.54, 1.807) is 13.8 Å². The molecule has 2 amide bonds. The van der Waals surface area contributed by atoms with Gasteiger partial charge in [0, 0.05) is 19.0 Å². The minimum absolute atomic E-state index is 0.0502. The van der Waals surface area contributed by atoms with Crippen LogP contribution < -0.4 is 15.4 Å². The van der Waals surface area contributed by atoms with E-state index >= 15 is 0 Å². The molecule has 0 radical (unpaired) electrons. The van der Waals surface area contributed by atoms with E-state index in [0.717, 1.165) is 11.1 Å². The van der Waals surface area contributed by atoms with E-state index in [-0.39, 0.29) is 24.3 Å². The fourth-order valence-electron chi connectivity index (χ4n) is 1.75. The van der Waals surface area contributed by atoms with Gasteiger partial charge in [0.25, 0.3) is 5.91 Å². The molecule has 0 saturated heterocycles. The summed E-state index contributed by atoms with van der Waals surface area (Å²) >= 11 is 5.73. The average molecular weight is 341 g/mol. The Morgan fingerprint density at radius 2 is 1.83 bits per heavy atom. The molecule has 6 heteroatoms. The number of rotatable bonds is 8. The lowest BCUT2D eigenvalue weighted by Gasteiger charge is -2.20. The lowest BCUT2D eigenvalue weighted by molar-refractivity contribution is -0.128. The summed E-state index contributed by atoms with van der Waals surface area (Å²) in [5.74, 6) is 0.594. The van der Waals surface area contributed by atoms with Gasteiger partial charge < -0.3 is 15.4 Å². The molecule has 1 aromatic carbocycles. The third-order valence-electron chi connectivity index (χ3n) is 3.60. The third kappa shape index (κ3) is 6.10. The molecule has 0 bridgehead atoms. The number of amides is 2. The first kappa shape index (κ1) is 19.3. The summed E-state index contributed by atoms with van der Waals surface area (Å²) in [5.41, 5.74) is 1.53. The van der Waals surface area contributed by atoms with Crippen LogP contribution in [0.4, 0.5) is 0 Å².